The summed E-state index contributed by atoms with van der Waals surface area (Å²) in [6.07, 6.45) is 1.13. The Morgan fingerprint density at radius 1 is 1.39 bits per heavy atom. The molecule has 1 unspecified atom stereocenters. The summed E-state index contributed by atoms with van der Waals surface area (Å²) in [5.41, 5.74) is 1.36. The molecule has 0 bridgehead atoms. The number of likely N-dealkylation sites (N-methyl/N-ethyl adjacent to an activating group) is 1. The molecule has 1 aromatic heterocycles. The van der Waals surface area contributed by atoms with Crippen LogP contribution < -0.4 is 5.32 Å². The molecule has 0 amide bonds. The Labute approximate surface area is 115 Å². The highest BCUT2D eigenvalue weighted by Gasteiger charge is 2.22. The summed E-state index contributed by atoms with van der Waals surface area (Å²) in [6.45, 7) is 11.4. The topological polar surface area (TPSA) is 28.2 Å². The second kappa shape index (κ2) is 6.13. The Balaban J connectivity index is 2.04. The van der Waals surface area contributed by atoms with Crippen molar-refractivity contribution < 1.29 is 0 Å². The average molecular weight is 267 g/mol. The van der Waals surface area contributed by atoms with Crippen LogP contribution in [0, 0.1) is 5.92 Å². The molecular formula is C14H25N3S. The van der Waals surface area contributed by atoms with Gasteiger partial charge in [0.2, 0.25) is 0 Å². The van der Waals surface area contributed by atoms with E-state index in [2.05, 4.69) is 31.0 Å². The zero-order valence-corrected chi connectivity index (χ0v) is 12.8. The summed E-state index contributed by atoms with van der Waals surface area (Å²) in [5.74, 6) is 1.28. The van der Waals surface area contributed by atoms with E-state index in [1.165, 1.54) is 28.7 Å². The summed E-state index contributed by atoms with van der Waals surface area (Å²) >= 11 is 1.92. The lowest BCUT2D eigenvalue weighted by molar-refractivity contribution is 0.228. The molecule has 1 N–H and O–H groups in total. The zero-order chi connectivity index (χ0) is 13.1. The molecule has 4 heteroatoms. The largest absolute Gasteiger partial charge is 0.319 e. The molecule has 1 aromatic rings. The van der Waals surface area contributed by atoms with E-state index < -0.39 is 0 Å². The lowest BCUT2D eigenvalue weighted by Gasteiger charge is -2.27. The van der Waals surface area contributed by atoms with E-state index in [0.29, 0.717) is 5.92 Å². The summed E-state index contributed by atoms with van der Waals surface area (Å²) in [5, 5.41) is 4.54. The minimum absolute atomic E-state index is 0.532. The van der Waals surface area contributed by atoms with Crippen LogP contribution in [0.4, 0.5) is 0 Å². The molecule has 1 aliphatic heterocycles. The number of nitrogens with one attached hydrogen (secondary N) is 1. The zero-order valence-electron chi connectivity index (χ0n) is 12.0. The van der Waals surface area contributed by atoms with Gasteiger partial charge < -0.3 is 5.32 Å². The molecule has 0 radical (unpaired) electrons. The van der Waals surface area contributed by atoms with Crippen LogP contribution in [0.2, 0.25) is 0 Å². The first kappa shape index (κ1) is 14.0. The predicted octanol–water partition coefficient (Wildman–Crippen LogP) is 2.48. The predicted molar refractivity (Wildman–Crippen MR) is 78.3 cm³/mol. The van der Waals surface area contributed by atoms with Crippen molar-refractivity contribution in [1.82, 2.24) is 15.2 Å². The molecule has 102 valence electrons. The first-order chi connectivity index (χ1) is 8.60. The molecule has 0 fully saturated rings. The van der Waals surface area contributed by atoms with Gasteiger partial charge in [-0.15, -0.1) is 11.3 Å². The minimum atomic E-state index is 0.532. The number of aromatic nitrogens is 1. The average Bonchev–Trinajstić information content (AvgIpc) is 2.71. The maximum Gasteiger partial charge on any atom is 0.0972 e. The van der Waals surface area contributed by atoms with Crippen molar-refractivity contribution in [3.8, 4) is 0 Å². The van der Waals surface area contributed by atoms with Crippen LogP contribution in [0.25, 0.3) is 0 Å². The van der Waals surface area contributed by atoms with Gasteiger partial charge in [0.1, 0.15) is 0 Å². The number of fused-ring (bicyclic) bond motifs is 1. The summed E-state index contributed by atoms with van der Waals surface area (Å²) < 4.78 is 0. The van der Waals surface area contributed by atoms with Crippen molar-refractivity contribution in [2.24, 2.45) is 5.92 Å². The number of hydrogen-bond acceptors (Lipinski definition) is 4. The summed E-state index contributed by atoms with van der Waals surface area (Å²) in [4.78, 5) is 8.90. The first-order valence-corrected chi connectivity index (χ1v) is 7.77. The standard InChI is InChI=1S/C14H25N3S/c1-10(2)8-17-6-5-12-13(9-17)18-14(16-12)11(3)7-15-4/h10-11,15H,5-9H2,1-4H3. The van der Waals surface area contributed by atoms with Crippen LogP contribution in [0.3, 0.4) is 0 Å². The fourth-order valence-corrected chi connectivity index (χ4v) is 3.75. The van der Waals surface area contributed by atoms with Crippen LogP contribution in [0.15, 0.2) is 0 Å². The highest BCUT2D eigenvalue weighted by atomic mass is 32.1. The number of thiazole rings is 1. The van der Waals surface area contributed by atoms with Gasteiger partial charge in [0.25, 0.3) is 0 Å². The van der Waals surface area contributed by atoms with Crippen LogP contribution in [0.5, 0.6) is 0 Å². The molecular weight excluding hydrogens is 242 g/mol. The number of rotatable bonds is 5. The third-order valence-corrected chi connectivity index (χ3v) is 4.70. The Morgan fingerprint density at radius 3 is 2.83 bits per heavy atom. The van der Waals surface area contributed by atoms with Gasteiger partial charge in [-0.3, -0.25) is 4.90 Å². The van der Waals surface area contributed by atoms with Crippen molar-refractivity contribution in [3.05, 3.63) is 15.6 Å². The molecule has 0 saturated carbocycles. The van der Waals surface area contributed by atoms with E-state index in [-0.39, 0.29) is 0 Å². The lowest BCUT2D eigenvalue weighted by atomic mass is 10.1. The minimum Gasteiger partial charge on any atom is -0.319 e. The Morgan fingerprint density at radius 2 is 2.17 bits per heavy atom. The summed E-state index contributed by atoms with van der Waals surface area (Å²) in [7, 11) is 2.01. The molecule has 0 aliphatic carbocycles. The third-order valence-electron chi connectivity index (χ3n) is 3.38. The maximum atomic E-state index is 4.83. The summed E-state index contributed by atoms with van der Waals surface area (Å²) in [6, 6.07) is 0. The van der Waals surface area contributed by atoms with E-state index in [9.17, 15) is 0 Å². The fourth-order valence-electron chi connectivity index (χ4n) is 2.54. The van der Waals surface area contributed by atoms with E-state index in [4.69, 9.17) is 4.98 Å². The first-order valence-electron chi connectivity index (χ1n) is 6.95. The molecule has 1 aliphatic rings. The Kier molecular flexibility index (Phi) is 4.76. The Hall–Kier alpha value is -0.450. The van der Waals surface area contributed by atoms with Gasteiger partial charge in [-0.05, 0) is 13.0 Å². The van der Waals surface area contributed by atoms with Crippen LogP contribution in [-0.4, -0.2) is 36.6 Å². The van der Waals surface area contributed by atoms with Gasteiger partial charge in [0.05, 0.1) is 10.7 Å². The fraction of sp³-hybridized carbons (Fsp3) is 0.786. The highest BCUT2D eigenvalue weighted by Crippen LogP contribution is 2.29. The van der Waals surface area contributed by atoms with Crippen molar-refractivity contribution >= 4 is 11.3 Å². The molecule has 1 atom stereocenters. The van der Waals surface area contributed by atoms with Crippen LogP contribution >= 0.6 is 11.3 Å². The molecule has 0 spiro atoms. The van der Waals surface area contributed by atoms with Gasteiger partial charge in [0, 0.05) is 43.4 Å². The normalized spacial score (nSPS) is 18.1. The van der Waals surface area contributed by atoms with Gasteiger partial charge in [-0.1, -0.05) is 20.8 Å². The third kappa shape index (κ3) is 3.31. The van der Waals surface area contributed by atoms with Gasteiger partial charge in [-0.25, -0.2) is 4.98 Å². The number of hydrogen-bond donors (Lipinski definition) is 1. The van der Waals surface area contributed by atoms with Crippen molar-refractivity contribution in [2.75, 3.05) is 26.7 Å². The van der Waals surface area contributed by atoms with Gasteiger partial charge >= 0.3 is 0 Å². The van der Waals surface area contributed by atoms with E-state index in [1.54, 1.807) is 0 Å². The molecule has 3 nitrogen and oxygen atoms in total. The molecule has 0 aromatic carbocycles. The molecule has 0 saturated heterocycles. The molecule has 18 heavy (non-hydrogen) atoms. The van der Waals surface area contributed by atoms with Gasteiger partial charge in [0.15, 0.2) is 0 Å². The smallest absolute Gasteiger partial charge is 0.0972 e. The second-order valence-corrected chi connectivity index (χ2v) is 6.87. The molecule has 2 rings (SSSR count). The lowest BCUT2D eigenvalue weighted by Crippen LogP contribution is -2.32. The SMILES string of the molecule is CNCC(C)c1nc2c(s1)CN(CC(C)C)CC2. The quantitative estimate of drug-likeness (QED) is 0.888. The van der Waals surface area contributed by atoms with Crippen molar-refractivity contribution in [1.29, 1.82) is 0 Å². The van der Waals surface area contributed by atoms with E-state index in [1.807, 2.05) is 18.4 Å². The van der Waals surface area contributed by atoms with Crippen molar-refractivity contribution in [2.45, 2.75) is 39.7 Å². The maximum absolute atomic E-state index is 4.83. The van der Waals surface area contributed by atoms with E-state index in [0.717, 1.165) is 25.4 Å². The molecule has 2 heterocycles. The van der Waals surface area contributed by atoms with Gasteiger partial charge in [-0.2, -0.15) is 0 Å². The van der Waals surface area contributed by atoms with Crippen molar-refractivity contribution in [3.63, 3.8) is 0 Å². The number of nitrogens with zero attached hydrogens (tertiary/aromatic N) is 2. The second-order valence-electron chi connectivity index (χ2n) is 5.76. The van der Waals surface area contributed by atoms with Crippen LogP contribution in [-0.2, 0) is 13.0 Å². The highest BCUT2D eigenvalue weighted by molar-refractivity contribution is 7.11. The monoisotopic (exact) mass is 267 g/mol. The van der Waals surface area contributed by atoms with E-state index >= 15 is 0 Å². The Bertz CT molecular complexity index is 386. The van der Waals surface area contributed by atoms with Crippen LogP contribution in [0.1, 0.15) is 42.3 Å².